The highest BCUT2D eigenvalue weighted by molar-refractivity contribution is 7.80. The summed E-state index contributed by atoms with van der Waals surface area (Å²) in [4.78, 5) is 10.7. The van der Waals surface area contributed by atoms with Gasteiger partial charge in [0, 0.05) is 24.7 Å². The van der Waals surface area contributed by atoms with E-state index in [9.17, 15) is 0 Å². The topological polar surface area (TPSA) is 53.2 Å². The third-order valence-electron chi connectivity index (χ3n) is 5.63. The Morgan fingerprint density at radius 1 is 1.24 bits per heavy atom. The van der Waals surface area contributed by atoms with E-state index in [1.54, 1.807) is 0 Å². The molecule has 2 heterocycles. The van der Waals surface area contributed by atoms with Crippen LogP contribution < -0.4 is 10.1 Å². The summed E-state index contributed by atoms with van der Waals surface area (Å²) in [5, 5.41) is 4.13. The summed E-state index contributed by atoms with van der Waals surface area (Å²) in [6.45, 7) is 8.78. The zero-order valence-corrected chi connectivity index (χ0v) is 18.1. The molecule has 0 saturated carbocycles. The van der Waals surface area contributed by atoms with E-state index < -0.39 is 0 Å². The zero-order chi connectivity index (χ0) is 20.4. The Kier molecular flexibility index (Phi) is 5.72. The summed E-state index contributed by atoms with van der Waals surface area (Å²) in [6.07, 6.45) is 2.23. The average Bonchev–Trinajstić information content (AvgIpc) is 3.13. The molecule has 0 aliphatic carbocycles. The smallest absolute Gasteiger partial charge is 0.173 e. The third-order valence-corrected chi connectivity index (χ3v) is 5.99. The van der Waals surface area contributed by atoms with Gasteiger partial charge in [-0.05, 0) is 93.4 Å². The van der Waals surface area contributed by atoms with Gasteiger partial charge in [0.05, 0.1) is 17.6 Å². The van der Waals surface area contributed by atoms with Crippen molar-refractivity contribution in [2.24, 2.45) is 0 Å². The molecule has 4 rings (SSSR count). The van der Waals surface area contributed by atoms with Gasteiger partial charge in [0.15, 0.2) is 5.11 Å². The van der Waals surface area contributed by atoms with Crippen molar-refractivity contribution in [3.05, 3.63) is 53.3 Å². The molecule has 0 amide bonds. The molecule has 152 valence electrons. The van der Waals surface area contributed by atoms with E-state index in [0.29, 0.717) is 12.5 Å². The minimum absolute atomic E-state index is 0.358. The number of aromatic nitrogens is 2. The molecule has 29 heavy (non-hydrogen) atoms. The van der Waals surface area contributed by atoms with Crippen molar-refractivity contribution in [1.82, 2.24) is 14.9 Å². The molecule has 1 aliphatic heterocycles. The Labute approximate surface area is 177 Å². The molecule has 0 radical (unpaired) electrons. The molecule has 1 fully saturated rings. The van der Waals surface area contributed by atoms with Gasteiger partial charge in [-0.1, -0.05) is 0 Å². The summed E-state index contributed by atoms with van der Waals surface area (Å²) < 4.78 is 5.50. The number of aromatic amines is 1. The SMILES string of the molecule is CCOc1ccc(NC(=S)N2CCC[C@H](c3nc4cc(C)c(C)cc4[nH]3)C2)cc1. The van der Waals surface area contributed by atoms with Gasteiger partial charge in [0.1, 0.15) is 11.6 Å². The summed E-state index contributed by atoms with van der Waals surface area (Å²) in [6, 6.07) is 12.3. The van der Waals surface area contributed by atoms with Crippen molar-refractivity contribution >= 4 is 34.1 Å². The maximum Gasteiger partial charge on any atom is 0.173 e. The minimum atomic E-state index is 0.358. The third kappa shape index (κ3) is 4.37. The normalized spacial score (nSPS) is 16.8. The lowest BCUT2D eigenvalue weighted by Gasteiger charge is -2.33. The lowest BCUT2D eigenvalue weighted by Crippen LogP contribution is -2.41. The van der Waals surface area contributed by atoms with Crippen molar-refractivity contribution < 1.29 is 4.74 Å². The van der Waals surface area contributed by atoms with Crippen molar-refractivity contribution in [2.75, 3.05) is 25.0 Å². The maximum absolute atomic E-state index is 5.69. The first-order chi connectivity index (χ1) is 14.0. The number of ether oxygens (including phenoxy) is 1. The van der Waals surface area contributed by atoms with Crippen molar-refractivity contribution in [1.29, 1.82) is 0 Å². The molecule has 1 saturated heterocycles. The van der Waals surface area contributed by atoms with Crippen molar-refractivity contribution in [3.63, 3.8) is 0 Å². The molecule has 1 atom stereocenters. The molecule has 2 aromatic carbocycles. The largest absolute Gasteiger partial charge is 0.494 e. The quantitative estimate of drug-likeness (QED) is 0.585. The lowest BCUT2D eigenvalue weighted by atomic mass is 9.98. The number of nitrogens with zero attached hydrogens (tertiary/aromatic N) is 2. The van der Waals surface area contributed by atoms with E-state index in [2.05, 4.69) is 41.2 Å². The number of piperidine rings is 1. The number of rotatable bonds is 4. The van der Waals surface area contributed by atoms with Crippen LogP contribution in [0.5, 0.6) is 5.75 Å². The monoisotopic (exact) mass is 408 g/mol. The van der Waals surface area contributed by atoms with Gasteiger partial charge in [-0.25, -0.2) is 4.98 Å². The molecule has 0 unspecified atom stereocenters. The molecule has 3 aromatic rings. The highest BCUT2D eigenvalue weighted by Crippen LogP contribution is 2.28. The highest BCUT2D eigenvalue weighted by atomic mass is 32.1. The van der Waals surface area contributed by atoms with Gasteiger partial charge < -0.3 is 19.9 Å². The number of imidazole rings is 1. The summed E-state index contributed by atoms with van der Waals surface area (Å²) in [7, 11) is 0. The van der Waals surface area contributed by atoms with E-state index in [-0.39, 0.29) is 0 Å². The second-order valence-electron chi connectivity index (χ2n) is 7.75. The first kappa shape index (κ1) is 19.7. The average molecular weight is 409 g/mol. The van der Waals surface area contributed by atoms with Gasteiger partial charge in [-0.15, -0.1) is 0 Å². The Balaban J connectivity index is 1.44. The number of anilines is 1. The van der Waals surface area contributed by atoms with E-state index in [0.717, 1.165) is 59.3 Å². The van der Waals surface area contributed by atoms with Crippen LogP contribution in [0.15, 0.2) is 36.4 Å². The highest BCUT2D eigenvalue weighted by Gasteiger charge is 2.25. The van der Waals surface area contributed by atoms with Crippen LogP contribution in [0.1, 0.15) is 42.6 Å². The Morgan fingerprint density at radius 2 is 2.00 bits per heavy atom. The van der Waals surface area contributed by atoms with Crippen LogP contribution in [0.25, 0.3) is 11.0 Å². The van der Waals surface area contributed by atoms with Crippen LogP contribution in [0.3, 0.4) is 0 Å². The predicted molar refractivity (Wildman–Crippen MR) is 123 cm³/mol. The number of hydrogen-bond acceptors (Lipinski definition) is 3. The first-order valence-electron chi connectivity index (χ1n) is 10.3. The van der Waals surface area contributed by atoms with E-state index in [1.165, 1.54) is 11.1 Å². The van der Waals surface area contributed by atoms with Crippen LogP contribution >= 0.6 is 12.2 Å². The summed E-state index contributed by atoms with van der Waals surface area (Å²) >= 11 is 5.69. The Hall–Kier alpha value is -2.60. The molecule has 0 bridgehead atoms. The standard InChI is InChI=1S/C23H28N4OS/c1-4-28-19-9-7-18(8-10-19)24-23(29)27-11-5-6-17(14-27)22-25-20-12-15(2)16(3)13-21(20)26-22/h7-10,12-13,17H,4-6,11,14H2,1-3H3,(H,24,29)(H,25,26)/t17-/m0/s1. The molecule has 5 nitrogen and oxygen atoms in total. The summed E-state index contributed by atoms with van der Waals surface area (Å²) in [5.41, 5.74) is 5.72. The molecule has 6 heteroatoms. The Morgan fingerprint density at radius 3 is 2.76 bits per heavy atom. The van der Waals surface area contributed by atoms with Crippen LogP contribution in [0, 0.1) is 13.8 Å². The van der Waals surface area contributed by atoms with Crippen LogP contribution in [0.2, 0.25) is 0 Å². The van der Waals surface area contributed by atoms with E-state index in [1.807, 2.05) is 31.2 Å². The molecule has 1 aromatic heterocycles. The number of likely N-dealkylation sites (tertiary alicyclic amines) is 1. The zero-order valence-electron chi connectivity index (χ0n) is 17.3. The number of benzene rings is 2. The second-order valence-corrected chi connectivity index (χ2v) is 8.14. The number of nitrogens with one attached hydrogen (secondary N) is 2. The van der Waals surface area contributed by atoms with Crippen molar-refractivity contribution in [3.8, 4) is 5.75 Å². The van der Waals surface area contributed by atoms with E-state index >= 15 is 0 Å². The number of aryl methyl sites for hydroxylation is 2. The number of hydrogen-bond donors (Lipinski definition) is 2. The van der Waals surface area contributed by atoms with Gasteiger partial charge in [0.2, 0.25) is 0 Å². The van der Waals surface area contributed by atoms with Gasteiger partial charge in [-0.3, -0.25) is 0 Å². The molecule has 0 spiro atoms. The number of H-pyrrole nitrogens is 1. The predicted octanol–water partition coefficient (Wildman–Crippen LogP) is 5.15. The Bertz CT molecular complexity index is 973. The van der Waals surface area contributed by atoms with Gasteiger partial charge >= 0.3 is 0 Å². The first-order valence-corrected chi connectivity index (χ1v) is 10.7. The fourth-order valence-electron chi connectivity index (χ4n) is 3.87. The second kappa shape index (κ2) is 8.41. The molecule has 1 aliphatic rings. The van der Waals surface area contributed by atoms with Crippen LogP contribution in [-0.2, 0) is 0 Å². The fraction of sp³-hybridized carbons (Fsp3) is 0.391. The number of thiocarbonyl (C=S) groups is 1. The molecular formula is C23H28N4OS. The molecule has 2 N–H and O–H groups in total. The summed E-state index contributed by atoms with van der Waals surface area (Å²) in [5.74, 6) is 2.30. The van der Waals surface area contributed by atoms with Crippen LogP contribution in [-0.4, -0.2) is 39.7 Å². The van der Waals surface area contributed by atoms with Gasteiger partial charge in [-0.2, -0.15) is 0 Å². The fourth-order valence-corrected chi connectivity index (χ4v) is 4.15. The van der Waals surface area contributed by atoms with E-state index in [4.69, 9.17) is 21.9 Å². The number of fused-ring (bicyclic) bond motifs is 1. The lowest BCUT2D eigenvalue weighted by molar-refractivity contribution is 0.307. The van der Waals surface area contributed by atoms with Crippen LogP contribution in [0.4, 0.5) is 5.69 Å². The maximum atomic E-state index is 5.69. The van der Waals surface area contributed by atoms with Gasteiger partial charge in [0.25, 0.3) is 0 Å². The van der Waals surface area contributed by atoms with Crippen molar-refractivity contribution in [2.45, 2.75) is 39.5 Å². The minimum Gasteiger partial charge on any atom is -0.494 e. The molecular weight excluding hydrogens is 380 g/mol.